The second kappa shape index (κ2) is 5.38. The van der Waals surface area contributed by atoms with E-state index < -0.39 is 0 Å². The van der Waals surface area contributed by atoms with E-state index >= 15 is 0 Å². The molecule has 0 radical (unpaired) electrons. The van der Waals surface area contributed by atoms with E-state index in [9.17, 15) is 10.1 Å². The van der Waals surface area contributed by atoms with Crippen LogP contribution in [0.25, 0.3) is 0 Å². The number of methoxy groups -OCH3 is 1. The lowest BCUT2D eigenvalue weighted by molar-refractivity contribution is -0.117. The monoisotopic (exact) mass is 270 g/mol. The zero-order chi connectivity index (χ0) is 14.8. The Kier molecular flexibility index (Phi) is 3.80. The molecule has 1 N–H and O–H groups in total. The highest BCUT2D eigenvalue weighted by molar-refractivity contribution is 6.01. The molecule has 4 nitrogen and oxygen atoms in total. The first-order valence-electron chi connectivity index (χ1n) is 6.53. The largest absolute Gasteiger partial charge is 0.497 e. The summed E-state index contributed by atoms with van der Waals surface area (Å²) >= 11 is 0. The molecule has 0 unspecified atom stereocenters. The van der Waals surface area contributed by atoms with E-state index in [1.807, 2.05) is 44.2 Å². The number of rotatable bonds is 3. The average Bonchev–Trinajstić information content (AvgIpc) is 2.38. The van der Waals surface area contributed by atoms with Gasteiger partial charge in [-0.15, -0.1) is 0 Å². The van der Waals surface area contributed by atoms with Gasteiger partial charge in [0.15, 0.2) is 5.78 Å². The highest BCUT2D eigenvalue weighted by Crippen LogP contribution is 2.37. The SMILES string of the molecule is COc1ccc(NC2=C(C#N)C(=O)CC(C)(C)C2)cc1. The van der Waals surface area contributed by atoms with Crippen molar-refractivity contribution in [1.29, 1.82) is 5.26 Å². The molecule has 0 heterocycles. The molecule has 0 atom stereocenters. The number of hydrogen-bond acceptors (Lipinski definition) is 4. The molecule has 104 valence electrons. The summed E-state index contributed by atoms with van der Waals surface area (Å²) in [5.74, 6) is 0.685. The minimum Gasteiger partial charge on any atom is -0.497 e. The Balaban J connectivity index is 2.29. The van der Waals surface area contributed by atoms with Crippen molar-refractivity contribution >= 4 is 11.5 Å². The van der Waals surface area contributed by atoms with Crippen molar-refractivity contribution in [3.8, 4) is 11.8 Å². The fraction of sp³-hybridized carbons (Fsp3) is 0.375. The van der Waals surface area contributed by atoms with Gasteiger partial charge in [-0.05, 0) is 36.1 Å². The molecule has 0 saturated heterocycles. The van der Waals surface area contributed by atoms with Crippen molar-refractivity contribution in [2.45, 2.75) is 26.7 Å². The van der Waals surface area contributed by atoms with Crippen molar-refractivity contribution in [2.75, 3.05) is 12.4 Å². The third-order valence-corrected chi connectivity index (χ3v) is 3.37. The Labute approximate surface area is 119 Å². The van der Waals surface area contributed by atoms with Crippen molar-refractivity contribution in [2.24, 2.45) is 5.41 Å². The van der Waals surface area contributed by atoms with Crippen LogP contribution >= 0.6 is 0 Å². The van der Waals surface area contributed by atoms with Crippen LogP contribution in [0.1, 0.15) is 26.7 Å². The Morgan fingerprint density at radius 1 is 1.25 bits per heavy atom. The predicted molar refractivity (Wildman–Crippen MR) is 77.3 cm³/mol. The molecule has 1 aliphatic rings. The Morgan fingerprint density at radius 3 is 2.45 bits per heavy atom. The standard InChI is InChI=1S/C16H18N2O2/c1-16(2)8-14(13(10-17)15(19)9-16)18-11-4-6-12(20-3)7-5-11/h4-7,18H,8-9H2,1-3H3. The molecule has 2 rings (SSSR count). The van der Waals surface area contributed by atoms with E-state index in [-0.39, 0.29) is 16.8 Å². The maximum Gasteiger partial charge on any atom is 0.175 e. The number of ether oxygens (including phenoxy) is 1. The van der Waals surface area contributed by atoms with E-state index in [1.165, 1.54) is 0 Å². The molecule has 1 aliphatic carbocycles. The smallest absolute Gasteiger partial charge is 0.175 e. The van der Waals surface area contributed by atoms with Gasteiger partial charge in [0.1, 0.15) is 17.4 Å². The van der Waals surface area contributed by atoms with E-state index in [0.717, 1.165) is 11.4 Å². The van der Waals surface area contributed by atoms with Crippen LogP contribution in [0.3, 0.4) is 0 Å². The number of anilines is 1. The van der Waals surface area contributed by atoms with Gasteiger partial charge in [-0.2, -0.15) is 5.26 Å². The molecule has 0 aliphatic heterocycles. The zero-order valence-electron chi connectivity index (χ0n) is 12.0. The van der Waals surface area contributed by atoms with E-state index in [1.54, 1.807) is 7.11 Å². The number of nitrogens with zero attached hydrogens (tertiary/aromatic N) is 1. The highest BCUT2D eigenvalue weighted by Gasteiger charge is 2.33. The fourth-order valence-electron chi connectivity index (χ4n) is 2.41. The lowest BCUT2D eigenvalue weighted by Gasteiger charge is -2.30. The van der Waals surface area contributed by atoms with Gasteiger partial charge >= 0.3 is 0 Å². The van der Waals surface area contributed by atoms with Gasteiger partial charge in [-0.3, -0.25) is 4.79 Å². The maximum absolute atomic E-state index is 12.0. The number of nitriles is 1. The van der Waals surface area contributed by atoms with E-state index in [0.29, 0.717) is 18.5 Å². The third kappa shape index (κ3) is 3.00. The molecule has 20 heavy (non-hydrogen) atoms. The van der Waals surface area contributed by atoms with E-state index in [2.05, 4.69) is 5.32 Å². The number of Topliss-reactive ketones (excluding diaryl/α,β-unsaturated/α-hetero) is 1. The van der Waals surface area contributed by atoms with Crippen molar-refractivity contribution in [1.82, 2.24) is 0 Å². The molecule has 1 aromatic carbocycles. The van der Waals surface area contributed by atoms with Crippen LogP contribution in [-0.2, 0) is 4.79 Å². The molecule has 0 spiro atoms. The number of benzene rings is 1. The summed E-state index contributed by atoms with van der Waals surface area (Å²) < 4.78 is 5.11. The Morgan fingerprint density at radius 2 is 1.90 bits per heavy atom. The quantitative estimate of drug-likeness (QED) is 0.915. The lowest BCUT2D eigenvalue weighted by Crippen LogP contribution is -2.27. The summed E-state index contributed by atoms with van der Waals surface area (Å²) in [4.78, 5) is 12.0. The van der Waals surface area contributed by atoms with Crippen LogP contribution in [0.5, 0.6) is 5.75 Å². The van der Waals surface area contributed by atoms with Crippen LogP contribution in [-0.4, -0.2) is 12.9 Å². The minimum absolute atomic E-state index is 0.0836. The molecule has 0 aromatic heterocycles. The lowest BCUT2D eigenvalue weighted by atomic mass is 9.76. The minimum atomic E-state index is -0.119. The summed E-state index contributed by atoms with van der Waals surface area (Å²) in [6.45, 7) is 4.07. The number of ketones is 1. The van der Waals surface area contributed by atoms with Crippen LogP contribution in [0.2, 0.25) is 0 Å². The number of carbonyl (C=O) groups is 1. The second-order valence-electron chi connectivity index (χ2n) is 5.76. The number of carbonyl (C=O) groups excluding carboxylic acids is 1. The number of allylic oxidation sites excluding steroid dienone is 2. The Bertz CT molecular complexity index is 592. The first-order chi connectivity index (χ1) is 9.45. The normalized spacial score (nSPS) is 17.6. The summed E-state index contributed by atoms with van der Waals surface area (Å²) in [6.07, 6.45) is 1.11. The maximum atomic E-state index is 12.0. The van der Waals surface area contributed by atoms with Gasteiger partial charge in [-0.25, -0.2) is 0 Å². The molecule has 0 saturated carbocycles. The predicted octanol–water partition coefficient (Wildman–Crippen LogP) is 3.27. The first-order valence-corrected chi connectivity index (χ1v) is 6.53. The van der Waals surface area contributed by atoms with Crippen molar-refractivity contribution < 1.29 is 9.53 Å². The summed E-state index contributed by atoms with van der Waals surface area (Å²) in [5, 5.41) is 12.4. The van der Waals surface area contributed by atoms with Crippen molar-refractivity contribution in [3.05, 3.63) is 35.5 Å². The molecule has 4 heteroatoms. The third-order valence-electron chi connectivity index (χ3n) is 3.37. The van der Waals surface area contributed by atoms with Gasteiger partial charge in [-0.1, -0.05) is 13.8 Å². The Hall–Kier alpha value is -2.28. The highest BCUT2D eigenvalue weighted by atomic mass is 16.5. The molecule has 0 fully saturated rings. The van der Waals surface area contributed by atoms with Gasteiger partial charge in [0, 0.05) is 17.8 Å². The van der Waals surface area contributed by atoms with Crippen LogP contribution in [0, 0.1) is 16.7 Å². The van der Waals surface area contributed by atoms with Gasteiger partial charge < -0.3 is 10.1 Å². The van der Waals surface area contributed by atoms with Crippen molar-refractivity contribution in [3.63, 3.8) is 0 Å². The molecule has 0 bridgehead atoms. The fourth-order valence-corrected chi connectivity index (χ4v) is 2.41. The molecule has 1 aromatic rings. The average molecular weight is 270 g/mol. The number of nitrogens with one attached hydrogen (secondary N) is 1. The molecular formula is C16H18N2O2. The van der Waals surface area contributed by atoms with Crippen LogP contribution in [0.4, 0.5) is 5.69 Å². The number of hydrogen-bond donors (Lipinski definition) is 1. The topological polar surface area (TPSA) is 62.1 Å². The molecular weight excluding hydrogens is 252 g/mol. The van der Waals surface area contributed by atoms with Gasteiger partial charge in [0.05, 0.1) is 7.11 Å². The van der Waals surface area contributed by atoms with E-state index in [4.69, 9.17) is 4.74 Å². The van der Waals surface area contributed by atoms with Crippen LogP contribution < -0.4 is 10.1 Å². The first kappa shape index (κ1) is 14.1. The molecule has 0 amide bonds. The van der Waals surface area contributed by atoms with Gasteiger partial charge in [0.2, 0.25) is 0 Å². The zero-order valence-corrected chi connectivity index (χ0v) is 12.0. The second-order valence-corrected chi connectivity index (χ2v) is 5.76. The summed E-state index contributed by atoms with van der Waals surface area (Å²) in [6, 6.07) is 9.44. The van der Waals surface area contributed by atoms with Crippen LogP contribution in [0.15, 0.2) is 35.5 Å². The van der Waals surface area contributed by atoms with Gasteiger partial charge in [0.25, 0.3) is 0 Å². The summed E-state index contributed by atoms with van der Waals surface area (Å²) in [5.41, 5.74) is 1.68. The summed E-state index contributed by atoms with van der Waals surface area (Å²) in [7, 11) is 1.61.